The van der Waals surface area contributed by atoms with E-state index in [1.54, 1.807) is 11.0 Å². The summed E-state index contributed by atoms with van der Waals surface area (Å²) in [7, 11) is 0. The van der Waals surface area contributed by atoms with Gasteiger partial charge in [0, 0.05) is 32.1 Å². The SMILES string of the molecule is O=C1CCC(NCc2ccc(-n3cncn3)cc2)CCN1Cc1ccccc1. The van der Waals surface area contributed by atoms with Crippen molar-refractivity contribution >= 4 is 5.91 Å². The van der Waals surface area contributed by atoms with Crippen LogP contribution in [0, 0.1) is 0 Å². The van der Waals surface area contributed by atoms with Crippen LogP contribution in [0.15, 0.2) is 67.3 Å². The highest BCUT2D eigenvalue weighted by Gasteiger charge is 2.22. The molecule has 144 valence electrons. The molecule has 0 saturated carbocycles. The van der Waals surface area contributed by atoms with E-state index in [0.717, 1.165) is 31.6 Å². The fraction of sp³-hybridized carbons (Fsp3) is 0.318. The van der Waals surface area contributed by atoms with E-state index in [4.69, 9.17) is 0 Å². The van der Waals surface area contributed by atoms with E-state index in [9.17, 15) is 4.79 Å². The van der Waals surface area contributed by atoms with Gasteiger partial charge in [0.1, 0.15) is 12.7 Å². The molecule has 1 fully saturated rings. The van der Waals surface area contributed by atoms with Gasteiger partial charge in [0.25, 0.3) is 0 Å². The molecule has 1 amide bonds. The smallest absolute Gasteiger partial charge is 0.222 e. The second kappa shape index (κ2) is 8.80. The van der Waals surface area contributed by atoms with Crippen LogP contribution in [-0.4, -0.2) is 38.2 Å². The van der Waals surface area contributed by atoms with Crippen molar-refractivity contribution < 1.29 is 4.79 Å². The minimum Gasteiger partial charge on any atom is -0.338 e. The Kier molecular flexibility index (Phi) is 5.77. The maximum Gasteiger partial charge on any atom is 0.222 e. The van der Waals surface area contributed by atoms with Crippen LogP contribution in [0.3, 0.4) is 0 Å². The molecule has 28 heavy (non-hydrogen) atoms. The van der Waals surface area contributed by atoms with E-state index < -0.39 is 0 Å². The molecule has 0 radical (unpaired) electrons. The van der Waals surface area contributed by atoms with E-state index in [0.29, 0.717) is 19.0 Å². The van der Waals surface area contributed by atoms with Gasteiger partial charge in [0.15, 0.2) is 0 Å². The number of hydrogen-bond acceptors (Lipinski definition) is 4. The highest BCUT2D eigenvalue weighted by atomic mass is 16.2. The Bertz CT molecular complexity index is 877. The van der Waals surface area contributed by atoms with Gasteiger partial charge in [-0.05, 0) is 36.1 Å². The molecule has 0 bridgehead atoms. The minimum absolute atomic E-state index is 0.255. The molecule has 2 aromatic carbocycles. The van der Waals surface area contributed by atoms with Gasteiger partial charge in [-0.15, -0.1) is 0 Å². The van der Waals surface area contributed by atoms with Crippen molar-refractivity contribution in [1.82, 2.24) is 25.0 Å². The first kappa shape index (κ1) is 18.4. The summed E-state index contributed by atoms with van der Waals surface area (Å²) in [5.74, 6) is 0.255. The molecule has 1 atom stereocenters. The van der Waals surface area contributed by atoms with Gasteiger partial charge in [0.2, 0.25) is 5.91 Å². The predicted molar refractivity (Wildman–Crippen MR) is 108 cm³/mol. The molecule has 1 saturated heterocycles. The lowest BCUT2D eigenvalue weighted by molar-refractivity contribution is -0.131. The maximum absolute atomic E-state index is 12.5. The van der Waals surface area contributed by atoms with Crippen LogP contribution in [0.1, 0.15) is 30.4 Å². The fourth-order valence-corrected chi connectivity index (χ4v) is 3.58. The molecule has 0 spiro atoms. The standard InChI is InChI=1S/C22H25N5O/c28-22-11-8-20(12-13-26(22)15-19-4-2-1-3-5-19)24-14-18-6-9-21(10-7-18)27-17-23-16-25-27/h1-7,9-10,16-17,20,24H,8,11-15H2. The third-order valence-electron chi connectivity index (χ3n) is 5.24. The van der Waals surface area contributed by atoms with Gasteiger partial charge in [-0.3, -0.25) is 4.79 Å². The number of aromatic nitrogens is 3. The molecule has 3 aromatic rings. The van der Waals surface area contributed by atoms with Gasteiger partial charge in [0.05, 0.1) is 5.69 Å². The van der Waals surface area contributed by atoms with Crippen molar-refractivity contribution in [1.29, 1.82) is 0 Å². The Morgan fingerprint density at radius 3 is 2.57 bits per heavy atom. The molecule has 1 unspecified atom stereocenters. The van der Waals surface area contributed by atoms with Crippen molar-refractivity contribution in [2.45, 2.75) is 38.4 Å². The number of amides is 1. The maximum atomic E-state index is 12.5. The van der Waals surface area contributed by atoms with Crippen LogP contribution in [0.5, 0.6) is 0 Å². The Morgan fingerprint density at radius 1 is 1.00 bits per heavy atom. The fourth-order valence-electron chi connectivity index (χ4n) is 3.58. The van der Waals surface area contributed by atoms with Crippen LogP contribution >= 0.6 is 0 Å². The number of rotatable bonds is 6. The van der Waals surface area contributed by atoms with Crippen molar-refractivity contribution in [3.05, 3.63) is 78.4 Å². The Hall–Kier alpha value is -2.99. The van der Waals surface area contributed by atoms with Crippen LogP contribution < -0.4 is 5.32 Å². The second-order valence-corrected chi connectivity index (χ2v) is 7.21. The lowest BCUT2D eigenvalue weighted by atomic mass is 10.1. The summed E-state index contributed by atoms with van der Waals surface area (Å²) in [6.07, 6.45) is 5.70. The summed E-state index contributed by atoms with van der Waals surface area (Å²) in [6.45, 7) is 2.31. The summed E-state index contributed by atoms with van der Waals surface area (Å²) >= 11 is 0. The Balaban J connectivity index is 1.29. The summed E-state index contributed by atoms with van der Waals surface area (Å²) in [5.41, 5.74) is 3.41. The lowest BCUT2D eigenvalue weighted by Crippen LogP contribution is -2.31. The first-order chi connectivity index (χ1) is 13.8. The van der Waals surface area contributed by atoms with Crippen LogP contribution in [0.25, 0.3) is 5.69 Å². The van der Waals surface area contributed by atoms with E-state index in [-0.39, 0.29) is 5.91 Å². The zero-order chi connectivity index (χ0) is 19.2. The number of likely N-dealkylation sites (tertiary alicyclic amines) is 1. The second-order valence-electron chi connectivity index (χ2n) is 7.21. The highest BCUT2D eigenvalue weighted by Crippen LogP contribution is 2.16. The van der Waals surface area contributed by atoms with Crippen molar-refractivity contribution in [2.75, 3.05) is 6.54 Å². The van der Waals surface area contributed by atoms with Gasteiger partial charge < -0.3 is 10.2 Å². The molecule has 1 aliphatic rings. The lowest BCUT2D eigenvalue weighted by Gasteiger charge is -2.21. The zero-order valence-electron chi connectivity index (χ0n) is 15.9. The molecular weight excluding hydrogens is 350 g/mol. The first-order valence-electron chi connectivity index (χ1n) is 9.77. The summed E-state index contributed by atoms with van der Waals surface area (Å²) < 4.78 is 1.75. The average Bonchev–Trinajstić information content (AvgIpc) is 3.22. The molecular formula is C22H25N5O. The number of nitrogens with one attached hydrogen (secondary N) is 1. The van der Waals surface area contributed by atoms with Gasteiger partial charge in [-0.1, -0.05) is 42.5 Å². The summed E-state index contributed by atoms with van der Waals surface area (Å²) in [5, 5.41) is 7.77. The van der Waals surface area contributed by atoms with E-state index in [1.807, 2.05) is 35.2 Å². The highest BCUT2D eigenvalue weighted by molar-refractivity contribution is 5.76. The number of hydrogen-bond donors (Lipinski definition) is 1. The molecule has 4 rings (SSSR count). The average molecular weight is 375 g/mol. The van der Waals surface area contributed by atoms with Gasteiger partial charge in [-0.25, -0.2) is 9.67 Å². The first-order valence-corrected chi connectivity index (χ1v) is 9.77. The number of nitrogens with zero attached hydrogens (tertiary/aromatic N) is 4. The predicted octanol–water partition coefficient (Wildman–Crippen LogP) is 2.94. The number of carbonyl (C=O) groups is 1. The number of benzene rings is 2. The third kappa shape index (κ3) is 4.64. The largest absolute Gasteiger partial charge is 0.338 e. The molecule has 6 nitrogen and oxygen atoms in total. The van der Waals surface area contributed by atoms with Crippen molar-refractivity contribution in [2.24, 2.45) is 0 Å². The minimum atomic E-state index is 0.255. The summed E-state index contributed by atoms with van der Waals surface area (Å²) in [6, 6.07) is 18.9. The molecule has 2 heterocycles. The molecule has 1 N–H and O–H groups in total. The number of carbonyl (C=O) groups excluding carboxylic acids is 1. The van der Waals surface area contributed by atoms with Crippen LogP contribution in [-0.2, 0) is 17.9 Å². The van der Waals surface area contributed by atoms with Crippen LogP contribution in [0.4, 0.5) is 0 Å². The van der Waals surface area contributed by atoms with Gasteiger partial charge in [-0.2, -0.15) is 5.10 Å². The quantitative estimate of drug-likeness (QED) is 0.720. The Labute approximate surface area is 165 Å². The molecule has 1 aliphatic heterocycles. The van der Waals surface area contributed by atoms with E-state index in [2.05, 4.69) is 39.7 Å². The monoisotopic (exact) mass is 375 g/mol. The zero-order valence-corrected chi connectivity index (χ0v) is 15.9. The topological polar surface area (TPSA) is 63.1 Å². The van der Waals surface area contributed by atoms with Crippen LogP contribution in [0.2, 0.25) is 0 Å². The van der Waals surface area contributed by atoms with E-state index >= 15 is 0 Å². The normalized spacial score (nSPS) is 17.5. The molecule has 6 heteroatoms. The Morgan fingerprint density at radius 2 is 1.82 bits per heavy atom. The third-order valence-corrected chi connectivity index (χ3v) is 5.24. The molecule has 1 aromatic heterocycles. The molecule has 0 aliphatic carbocycles. The van der Waals surface area contributed by atoms with Gasteiger partial charge >= 0.3 is 0 Å². The van der Waals surface area contributed by atoms with Crippen molar-refractivity contribution in [3.8, 4) is 5.69 Å². The van der Waals surface area contributed by atoms with Crippen molar-refractivity contribution in [3.63, 3.8) is 0 Å². The van der Waals surface area contributed by atoms with E-state index in [1.165, 1.54) is 17.5 Å². The summed E-state index contributed by atoms with van der Waals surface area (Å²) in [4.78, 5) is 18.4.